The van der Waals surface area contributed by atoms with Crippen molar-refractivity contribution in [2.24, 2.45) is 10.9 Å². The Hall–Kier alpha value is -3.49. The van der Waals surface area contributed by atoms with Crippen molar-refractivity contribution in [2.45, 2.75) is 30.8 Å². The first-order chi connectivity index (χ1) is 18.9. The molecule has 2 saturated heterocycles. The summed E-state index contributed by atoms with van der Waals surface area (Å²) < 4.78 is 15.3. The number of fused-ring (bicyclic) bond motifs is 1. The summed E-state index contributed by atoms with van der Waals surface area (Å²) in [6.07, 6.45) is 5.94. The number of halogens is 1. The van der Waals surface area contributed by atoms with Gasteiger partial charge in [0.1, 0.15) is 18.0 Å². The molecular weight excluding hydrogens is 493 g/mol. The van der Waals surface area contributed by atoms with Gasteiger partial charge >= 0.3 is 0 Å². The first kappa shape index (κ1) is 25.8. The van der Waals surface area contributed by atoms with Crippen molar-refractivity contribution < 1.29 is 14.3 Å². The Balaban J connectivity index is 1.10. The van der Waals surface area contributed by atoms with Crippen LogP contribution in [0.25, 0.3) is 11.9 Å². The number of aromatic nitrogens is 1. The van der Waals surface area contributed by atoms with E-state index in [0.29, 0.717) is 39.1 Å². The van der Waals surface area contributed by atoms with Crippen molar-refractivity contribution in [3.05, 3.63) is 88.9 Å². The zero-order chi connectivity index (χ0) is 27.0. The Morgan fingerprint density at radius 3 is 2.54 bits per heavy atom. The molecule has 0 unspecified atom stereocenters. The number of likely N-dealkylation sites (tertiary alicyclic amines) is 2. The first-order valence-electron chi connectivity index (χ1n) is 13.9. The number of carbonyl (C=O) groups is 1. The van der Waals surface area contributed by atoms with E-state index in [9.17, 15) is 14.3 Å². The van der Waals surface area contributed by atoms with E-state index in [-0.39, 0.29) is 23.6 Å². The number of benzene rings is 2. The molecular formula is C31H36FN5O2. The predicted octanol–water partition coefficient (Wildman–Crippen LogP) is 2.34. The summed E-state index contributed by atoms with van der Waals surface area (Å²) in [4.78, 5) is 24.8. The van der Waals surface area contributed by atoms with Gasteiger partial charge in [0.05, 0.1) is 5.60 Å². The molecule has 3 aliphatic rings. The number of nitrogens with zero attached hydrogens (tertiary/aromatic N) is 5. The van der Waals surface area contributed by atoms with Crippen molar-refractivity contribution in [1.29, 1.82) is 0 Å². The molecule has 2 aromatic carbocycles. The number of hydrogen-bond donors (Lipinski definition) is 1. The van der Waals surface area contributed by atoms with E-state index < -0.39 is 5.60 Å². The third-order valence-corrected chi connectivity index (χ3v) is 8.58. The molecule has 39 heavy (non-hydrogen) atoms. The standard InChI is InChI=1S/C31H36FN5O2/c1-34-15-12-27(28(20-34)23-5-3-2-4-6-23)30(38)36-17-13-31(39,14-18-36)21-35-19-24-11-16-37(29(24)33-22-35)26-9-7-25(32)8-10-26/h2-11,16,19,27-28,39H,12-15,17-18,20-22H2,1H3/t27-,28+/m1/s1. The monoisotopic (exact) mass is 529 g/mol. The number of rotatable bonds is 5. The minimum absolute atomic E-state index is 0.0208. The molecule has 0 bridgehead atoms. The van der Waals surface area contributed by atoms with Crippen molar-refractivity contribution in [2.75, 3.05) is 46.4 Å². The number of amides is 1. The van der Waals surface area contributed by atoms with E-state index in [4.69, 9.17) is 4.99 Å². The van der Waals surface area contributed by atoms with Crippen LogP contribution < -0.4 is 10.7 Å². The van der Waals surface area contributed by atoms with Crippen molar-refractivity contribution in [1.82, 2.24) is 19.3 Å². The summed E-state index contributed by atoms with van der Waals surface area (Å²) in [6.45, 7) is 3.87. The Morgan fingerprint density at radius 1 is 1.05 bits per heavy atom. The summed E-state index contributed by atoms with van der Waals surface area (Å²) in [7, 11) is 2.13. The average molecular weight is 530 g/mol. The van der Waals surface area contributed by atoms with Crippen molar-refractivity contribution in [3.63, 3.8) is 0 Å². The molecule has 0 saturated carbocycles. The van der Waals surface area contributed by atoms with Crippen LogP contribution in [0.1, 0.15) is 30.7 Å². The molecule has 2 fully saturated rings. The summed E-state index contributed by atoms with van der Waals surface area (Å²) in [6, 6.07) is 18.8. The molecule has 3 aromatic rings. The Labute approximate surface area is 228 Å². The van der Waals surface area contributed by atoms with Gasteiger partial charge in [-0.3, -0.25) is 4.79 Å². The molecule has 2 atom stereocenters. The van der Waals surface area contributed by atoms with Crippen LogP contribution in [-0.4, -0.2) is 82.3 Å². The van der Waals surface area contributed by atoms with E-state index in [2.05, 4.69) is 41.1 Å². The van der Waals surface area contributed by atoms with Gasteiger partial charge in [-0.05, 0) is 68.8 Å². The van der Waals surface area contributed by atoms with Gasteiger partial charge in [-0.1, -0.05) is 30.3 Å². The second kappa shape index (κ2) is 10.6. The largest absolute Gasteiger partial charge is 0.388 e. The van der Waals surface area contributed by atoms with Crippen LogP contribution in [0.4, 0.5) is 4.39 Å². The number of likely N-dealkylation sites (N-methyl/N-ethyl adjacent to an activating group) is 1. The maximum atomic E-state index is 13.7. The molecule has 4 heterocycles. The maximum absolute atomic E-state index is 13.7. The van der Waals surface area contributed by atoms with Gasteiger partial charge in [0.25, 0.3) is 0 Å². The van der Waals surface area contributed by atoms with E-state index in [0.717, 1.165) is 35.9 Å². The second-order valence-corrected chi connectivity index (χ2v) is 11.3. The topological polar surface area (TPSA) is 64.3 Å². The lowest BCUT2D eigenvalue weighted by Crippen LogP contribution is -2.54. The highest BCUT2D eigenvalue weighted by molar-refractivity contribution is 5.80. The molecule has 6 rings (SSSR count). The molecule has 1 N–H and O–H groups in total. The Bertz CT molecular complexity index is 1430. The summed E-state index contributed by atoms with van der Waals surface area (Å²) in [5.74, 6) is 0.134. The molecule has 204 valence electrons. The van der Waals surface area contributed by atoms with E-state index >= 15 is 0 Å². The number of aliphatic hydroxyl groups is 1. The van der Waals surface area contributed by atoms with Crippen LogP contribution in [0.3, 0.4) is 0 Å². The molecule has 0 aliphatic carbocycles. The van der Waals surface area contributed by atoms with Gasteiger partial charge in [-0.2, -0.15) is 0 Å². The molecule has 1 aromatic heterocycles. The summed E-state index contributed by atoms with van der Waals surface area (Å²) >= 11 is 0. The third-order valence-electron chi connectivity index (χ3n) is 8.58. The van der Waals surface area contributed by atoms with Crippen LogP contribution in [-0.2, 0) is 4.79 Å². The molecule has 1 amide bonds. The van der Waals surface area contributed by atoms with Crippen molar-refractivity contribution >= 4 is 12.1 Å². The molecule has 8 heteroatoms. The van der Waals surface area contributed by atoms with Crippen LogP contribution >= 0.6 is 0 Å². The Kier molecular flexibility index (Phi) is 6.99. The van der Waals surface area contributed by atoms with Crippen molar-refractivity contribution in [3.8, 4) is 5.69 Å². The second-order valence-electron chi connectivity index (χ2n) is 11.3. The highest BCUT2D eigenvalue weighted by Gasteiger charge is 2.40. The first-order valence-corrected chi connectivity index (χ1v) is 13.9. The highest BCUT2D eigenvalue weighted by atomic mass is 19.1. The average Bonchev–Trinajstić information content (AvgIpc) is 3.37. The van der Waals surface area contributed by atoms with E-state index in [1.807, 2.05) is 34.0 Å². The molecule has 3 aliphatic heterocycles. The number of piperidine rings is 2. The summed E-state index contributed by atoms with van der Waals surface area (Å²) in [5, 5.41) is 12.4. The fourth-order valence-electron chi connectivity index (χ4n) is 6.37. The van der Waals surface area contributed by atoms with E-state index in [1.165, 1.54) is 17.7 Å². The van der Waals surface area contributed by atoms with Crippen LogP contribution in [0.5, 0.6) is 0 Å². The van der Waals surface area contributed by atoms with Gasteiger partial charge in [0.2, 0.25) is 5.91 Å². The van der Waals surface area contributed by atoms with E-state index in [1.54, 1.807) is 12.1 Å². The van der Waals surface area contributed by atoms with Gasteiger partial charge < -0.3 is 24.4 Å². The molecule has 7 nitrogen and oxygen atoms in total. The van der Waals surface area contributed by atoms with Gasteiger partial charge in [-0.25, -0.2) is 9.38 Å². The van der Waals surface area contributed by atoms with Gasteiger partial charge in [0.15, 0.2) is 0 Å². The lowest BCUT2D eigenvalue weighted by molar-refractivity contribution is -0.142. The predicted molar refractivity (Wildman–Crippen MR) is 148 cm³/mol. The normalized spacial score (nSPS) is 23.1. The quantitative estimate of drug-likeness (QED) is 0.551. The van der Waals surface area contributed by atoms with Crippen LogP contribution in [0.2, 0.25) is 0 Å². The molecule has 0 radical (unpaired) electrons. The van der Waals surface area contributed by atoms with Gasteiger partial charge in [-0.15, -0.1) is 0 Å². The molecule has 0 spiro atoms. The number of hydrogen-bond acceptors (Lipinski definition) is 5. The maximum Gasteiger partial charge on any atom is 0.226 e. The zero-order valence-corrected chi connectivity index (χ0v) is 22.4. The SMILES string of the molecule is CN1CC[C@@H](C(=O)N2CCC(O)(CN3C=c4ccn(-c5ccc(F)cc5)c4=NC3)CC2)[C@H](c2ccccc2)C1. The summed E-state index contributed by atoms with van der Waals surface area (Å²) in [5.41, 5.74) is 2.05. The number of β-amino-alcohol motifs (C(OH)–C–C–N with tert-alkyl or cyclic N) is 1. The minimum atomic E-state index is -0.870. The fourth-order valence-corrected chi connectivity index (χ4v) is 6.37. The Morgan fingerprint density at radius 2 is 1.79 bits per heavy atom. The minimum Gasteiger partial charge on any atom is -0.388 e. The lowest BCUT2D eigenvalue weighted by Gasteiger charge is -2.43. The number of carbonyl (C=O) groups excluding carboxylic acids is 1. The smallest absolute Gasteiger partial charge is 0.226 e. The zero-order valence-electron chi connectivity index (χ0n) is 22.4. The van der Waals surface area contributed by atoms with Gasteiger partial charge in [0, 0.05) is 61.3 Å². The highest BCUT2D eigenvalue weighted by Crippen LogP contribution is 2.35. The fraction of sp³-hybridized carbons (Fsp3) is 0.419. The lowest BCUT2D eigenvalue weighted by atomic mass is 9.79. The van der Waals surface area contributed by atoms with Crippen LogP contribution in [0, 0.1) is 11.7 Å². The van der Waals surface area contributed by atoms with Crippen LogP contribution in [0.15, 0.2) is 71.9 Å². The third kappa shape index (κ3) is 5.36.